The minimum atomic E-state index is -3.48. The van der Waals surface area contributed by atoms with Gasteiger partial charge in [-0.25, -0.2) is 4.98 Å². The van der Waals surface area contributed by atoms with Crippen LogP contribution in [0.25, 0.3) is 10.9 Å². The standard InChI is InChI=1S/C22H28ClN3O4S/c1-31(28,29)30-16-11-12-26(14-16)20-10-7-17-19(24-20)9-8-18(23)22(17)25-21(27)13-15-5-3-2-4-6-15/h7-10,15-16H,2-6,11-14H2,1H3,(H,25,27)/t16-/m1/s1. The molecule has 0 bridgehead atoms. The zero-order chi connectivity index (χ0) is 22.0. The highest BCUT2D eigenvalue weighted by Gasteiger charge is 2.27. The van der Waals surface area contributed by atoms with Gasteiger partial charge in [-0.05, 0) is 49.4 Å². The molecular weight excluding hydrogens is 438 g/mol. The van der Waals surface area contributed by atoms with Crippen molar-refractivity contribution in [1.29, 1.82) is 0 Å². The number of carbonyl (C=O) groups excluding carboxylic acids is 1. The van der Waals surface area contributed by atoms with Gasteiger partial charge in [-0.2, -0.15) is 8.42 Å². The maximum absolute atomic E-state index is 12.6. The summed E-state index contributed by atoms with van der Waals surface area (Å²) < 4.78 is 27.9. The van der Waals surface area contributed by atoms with Gasteiger partial charge in [-0.15, -0.1) is 0 Å². The van der Waals surface area contributed by atoms with Gasteiger partial charge in [-0.3, -0.25) is 8.98 Å². The van der Waals surface area contributed by atoms with Crippen LogP contribution in [0.4, 0.5) is 11.5 Å². The lowest BCUT2D eigenvalue weighted by Crippen LogP contribution is -2.25. The van der Waals surface area contributed by atoms with Crippen LogP contribution in [0.2, 0.25) is 5.02 Å². The second-order valence-corrected chi connectivity index (χ2v) is 10.6. The molecule has 168 valence electrons. The number of halogens is 1. The van der Waals surface area contributed by atoms with E-state index in [4.69, 9.17) is 20.8 Å². The third kappa shape index (κ3) is 5.67. The minimum Gasteiger partial charge on any atom is -0.354 e. The summed E-state index contributed by atoms with van der Waals surface area (Å²) in [6.45, 7) is 1.13. The predicted molar refractivity (Wildman–Crippen MR) is 123 cm³/mol. The van der Waals surface area contributed by atoms with Crippen LogP contribution in [0.15, 0.2) is 24.3 Å². The van der Waals surface area contributed by atoms with E-state index in [1.54, 1.807) is 6.07 Å². The van der Waals surface area contributed by atoms with Crippen molar-refractivity contribution in [3.05, 3.63) is 29.3 Å². The number of amides is 1. The molecule has 0 spiro atoms. The molecule has 1 aromatic carbocycles. The van der Waals surface area contributed by atoms with E-state index in [9.17, 15) is 13.2 Å². The van der Waals surface area contributed by atoms with Gasteiger partial charge in [0.1, 0.15) is 5.82 Å². The van der Waals surface area contributed by atoms with Crippen LogP contribution < -0.4 is 10.2 Å². The van der Waals surface area contributed by atoms with Gasteiger partial charge in [0.05, 0.1) is 28.6 Å². The summed E-state index contributed by atoms with van der Waals surface area (Å²) in [5, 5.41) is 4.29. The molecule has 2 heterocycles. The normalized spacial score (nSPS) is 20.3. The number of nitrogens with one attached hydrogen (secondary N) is 1. The molecule has 4 rings (SSSR count). The summed E-state index contributed by atoms with van der Waals surface area (Å²) in [6.07, 6.45) is 7.73. The Morgan fingerprint density at radius 2 is 1.97 bits per heavy atom. The third-order valence-corrected chi connectivity index (χ3v) is 6.99. The lowest BCUT2D eigenvalue weighted by molar-refractivity contribution is -0.117. The average molecular weight is 466 g/mol. The summed E-state index contributed by atoms with van der Waals surface area (Å²) in [6, 6.07) is 7.36. The number of carbonyl (C=O) groups is 1. The Morgan fingerprint density at radius 3 is 2.71 bits per heavy atom. The van der Waals surface area contributed by atoms with E-state index in [1.165, 1.54) is 19.3 Å². The first-order chi connectivity index (χ1) is 14.8. The fraction of sp³-hybridized carbons (Fsp3) is 0.545. The zero-order valence-electron chi connectivity index (χ0n) is 17.6. The van der Waals surface area contributed by atoms with Crippen LogP contribution in [0.3, 0.4) is 0 Å². The molecule has 1 aliphatic carbocycles. The Balaban J connectivity index is 1.49. The molecule has 2 aromatic rings. The third-order valence-electron chi connectivity index (χ3n) is 6.05. The van der Waals surface area contributed by atoms with Crippen molar-refractivity contribution in [3.8, 4) is 0 Å². The van der Waals surface area contributed by atoms with Gasteiger partial charge in [0.2, 0.25) is 5.91 Å². The quantitative estimate of drug-likeness (QED) is 0.638. The van der Waals surface area contributed by atoms with Crippen LogP contribution in [-0.2, 0) is 19.1 Å². The molecule has 0 radical (unpaired) electrons. The summed E-state index contributed by atoms with van der Waals surface area (Å²) in [7, 11) is -3.48. The number of pyridine rings is 1. The lowest BCUT2D eigenvalue weighted by Gasteiger charge is -2.21. The van der Waals surface area contributed by atoms with Crippen molar-refractivity contribution in [2.75, 3.05) is 29.6 Å². The second kappa shape index (κ2) is 9.30. The summed E-state index contributed by atoms with van der Waals surface area (Å²) >= 11 is 6.41. The molecule has 1 saturated heterocycles. The monoisotopic (exact) mass is 465 g/mol. The van der Waals surface area contributed by atoms with Crippen molar-refractivity contribution in [3.63, 3.8) is 0 Å². The number of fused-ring (bicyclic) bond motifs is 1. The molecule has 1 N–H and O–H groups in total. The van der Waals surface area contributed by atoms with Crippen molar-refractivity contribution in [2.24, 2.45) is 5.92 Å². The molecule has 1 saturated carbocycles. The molecule has 1 aliphatic heterocycles. The molecule has 7 nitrogen and oxygen atoms in total. The van der Waals surface area contributed by atoms with Crippen molar-refractivity contribution in [1.82, 2.24) is 4.98 Å². The highest BCUT2D eigenvalue weighted by molar-refractivity contribution is 7.86. The predicted octanol–water partition coefficient (Wildman–Crippen LogP) is 4.35. The first kappa shape index (κ1) is 22.3. The van der Waals surface area contributed by atoms with Crippen molar-refractivity contribution < 1.29 is 17.4 Å². The molecular formula is C22H28ClN3O4S. The average Bonchev–Trinajstić information content (AvgIpc) is 3.17. The molecule has 2 aliphatic rings. The molecule has 2 fully saturated rings. The molecule has 1 aromatic heterocycles. The Hall–Kier alpha value is -1.90. The number of hydrogen-bond donors (Lipinski definition) is 1. The maximum atomic E-state index is 12.6. The van der Waals surface area contributed by atoms with Gasteiger partial charge in [-0.1, -0.05) is 30.9 Å². The number of nitrogens with zero attached hydrogens (tertiary/aromatic N) is 2. The Kier molecular flexibility index (Phi) is 6.69. The van der Waals surface area contributed by atoms with E-state index in [1.807, 2.05) is 23.1 Å². The number of hydrogen-bond acceptors (Lipinski definition) is 6. The Bertz CT molecular complexity index is 1070. The Labute approximate surface area is 188 Å². The van der Waals surface area contributed by atoms with Crippen molar-refractivity contribution >= 4 is 50.0 Å². The number of aromatic nitrogens is 1. The van der Waals surface area contributed by atoms with E-state index in [0.29, 0.717) is 42.6 Å². The fourth-order valence-corrected chi connectivity index (χ4v) is 5.44. The lowest BCUT2D eigenvalue weighted by atomic mass is 9.87. The van der Waals surface area contributed by atoms with Gasteiger partial charge >= 0.3 is 0 Å². The van der Waals surface area contributed by atoms with Gasteiger partial charge in [0.25, 0.3) is 10.1 Å². The maximum Gasteiger partial charge on any atom is 0.264 e. The van der Waals surface area contributed by atoms with Crippen LogP contribution in [-0.4, -0.2) is 44.8 Å². The molecule has 0 unspecified atom stereocenters. The zero-order valence-corrected chi connectivity index (χ0v) is 19.2. The molecule has 1 amide bonds. The van der Waals surface area contributed by atoms with E-state index in [-0.39, 0.29) is 12.0 Å². The van der Waals surface area contributed by atoms with Gasteiger partial charge in [0.15, 0.2) is 0 Å². The first-order valence-electron chi connectivity index (χ1n) is 10.8. The molecule has 31 heavy (non-hydrogen) atoms. The van der Waals surface area contributed by atoms with Crippen LogP contribution in [0, 0.1) is 5.92 Å². The van der Waals surface area contributed by atoms with E-state index in [0.717, 1.165) is 35.8 Å². The van der Waals surface area contributed by atoms with Gasteiger partial charge < -0.3 is 10.2 Å². The first-order valence-corrected chi connectivity index (χ1v) is 13.0. The highest BCUT2D eigenvalue weighted by atomic mass is 35.5. The molecule has 1 atom stereocenters. The summed E-state index contributed by atoms with van der Waals surface area (Å²) in [5.41, 5.74) is 1.32. The smallest absolute Gasteiger partial charge is 0.264 e. The van der Waals surface area contributed by atoms with Crippen molar-refractivity contribution in [2.45, 2.75) is 51.0 Å². The van der Waals surface area contributed by atoms with E-state index < -0.39 is 10.1 Å². The van der Waals surface area contributed by atoms with Crippen LogP contribution in [0.5, 0.6) is 0 Å². The SMILES string of the molecule is CS(=O)(=O)O[C@@H]1CCN(c2ccc3c(NC(=O)CC4CCCCC4)c(Cl)ccc3n2)C1. The minimum absolute atomic E-state index is 0.00863. The summed E-state index contributed by atoms with van der Waals surface area (Å²) in [5.74, 6) is 1.18. The highest BCUT2D eigenvalue weighted by Crippen LogP contribution is 2.33. The van der Waals surface area contributed by atoms with Crippen LogP contribution >= 0.6 is 11.6 Å². The Morgan fingerprint density at radius 1 is 1.19 bits per heavy atom. The molecule has 9 heteroatoms. The number of benzene rings is 1. The number of anilines is 2. The number of rotatable bonds is 6. The summed E-state index contributed by atoms with van der Waals surface area (Å²) in [4.78, 5) is 19.4. The van der Waals surface area contributed by atoms with Crippen LogP contribution in [0.1, 0.15) is 44.9 Å². The van der Waals surface area contributed by atoms with E-state index >= 15 is 0 Å². The van der Waals surface area contributed by atoms with E-state index in [2.05, 4.69) is 5.32 Å². The van der Waals surface area contributed by atoms with Gasteiger partial charge in [0, 0.05) is 24.9 Å². The second-order valence-electron chi connectivity index (χ2n) is 8.57. The topological polar surface area (TPSA) is 88.6 Å². The largest absolute Gasteiger partial charge is 0.354 e. The fourth-order valence-electron chi connectivity index (χ4n) is 4.58.